The number of carbonyl (C=O) groups excluding carboxylic acids is 1. The predicted octanol–water partition coefficient (Wildman–Crippen LogP) is 2.63. The topological polar surface area (TPSA) is 66.4 Å². The fourth-order valence-corrected chi connectivity index (χ4v) is 1.44. The molecule has 0 bridgehead atoms. The Morgan fingerprint density at radius 1 is 1.00 bits per heavy atom. The third-order valence-corrected chi connectivity index (χ3v) is 2.38. The summed E-state index contributed by atoms with van der Waals surface area (Å²) in [6.45, 7) is 2.08. The molecule has 0 saturated carbocycles. The molecule has 0 aliphatic rings. The van der Waals surface area contributed by atoms with Crippen molar-refractivity contribution in [3.05, 3.63) is 71.8 Å². The van der Waals surface area contributed by atoms with Crippen molar-refractivity contribution in [2.24, 2.45) is 0 Å². The van der Waals surface area contributed by atoms with Crippen LogP contribution < -0.4 is 0 Å². The molecule has 0 aliphatic heterocycles. The third-order valence-electron chi connectivity index (χ3n) is 2.09. The molecule has 0 fully saturated rings. The molecule has 0 spiro atoms. The first-order valence-electron chi connectivity index (χ1n) is 5.48. The molecule has 1 atom stereocenters. The Labute approximate surface area is 114 Å². The second kappa shape index (κ2) is 8.18. The van der Waals surface area contributed by atoms with E-state index in [9.17, 15) is 13.6 Å². The molecule has 2 rings (SSSR count). The molecule has 1 unspecified atom stereocenters. The van der Waals surface area contributed by atoms with Gasteiger partial charge < -0.3 is 8.74 Å². The number of aryl methyl sites for hydroxylation is 1. The molecule has 19 heavy (non-hydrogen) atoms. The van der Waals surface area contributed by atoms with Crippen LogP contribution in [0.15, 0.2) is 60.7 Å². The Kier molecular flexibility index (Phi) is 6.49. The zero-order valence-electron chi connectivity index (χ0n) is 10.3. The number of carbonyl (C=O) groups is 1. The minimum Gasteiger partial charge on any atom is -0.740 e. The Bertz CT molecular complexity index is 526. The number of benzene rings is 2. The zero-order valence-corrected chi connectivity index (χ0v) is 11.1. The van der Waals surface area contributed by atoms with E-state index in [0.717, 1.165) is 0 Å². The van der Waals surface area contributed by atoms with Gasteiger partial charge in [0.05, 0.1) is 5.56 Å². The highest BCUT2D eigenvalue weighted by Crippen LogP contribution is 2.01. The molecule has 4 nitrogen and oxygen atoms in total. The second-order valence-electron chi connectivity index (χ2n) is 3.60. The van der Waals surface area contributed by atoms with Crippen LogP contribution in [-0.4, -0.2) is 14.7 Å². The van der Waals surface area contributed by atoms with Crippen molar-refractivity contribution in [1.82, 2.24) is 0 Å². The lowest BCUT2D eigenvalue weighted by Crippen LogP contribution is -2.06. The van der Waals surface area contributed by atoms with Crippen LogP contribution in [-0.2, 0) is 15.5 Å². The minimum absolute atomic E-state index is 0.210. The van der Waals surface area contributed by atoms with Crippen molar-refractivity contribution in [3.63, 3.8) is 0 Å². The Hall–Kier alpha value is -1.98. The van der Waals surface area contributed by atoms with Crippen molar-refractivity contribution in [2.45, 2.75) is 6.92 Å². The SMILES string of the molecule is Cc1ccccc1.O=C(OS(=O)[O-])c1ccccc1. The minimum atomic E-state index is -2.80. The first kappa shape index (κ1) is 15.1. The maximum atomic E-state index is 10.8. The van der Waals surface area contributed by atoms with Crippen LogP contribution in [0.2, 0.25) is 0 Å². The monoisotopic (exact) mass is 277 g/mol. The fourth-order valence-electron chi connectivity index (χ4n) is 1.22. The van der Waals surface area contributed by atoms with E-state index in [1.807, 2.05) is 18.2 Å². The van der Waals surface area contributed by atoms with Gasteiger partial charge in [-0.25, -0.2) is 9.00 Å². The van der Waals surface area contributed by atoms with E-state index in [1.54, 1.807) is 18.2 Å². The number of hydrogen-bond donors (Lipinski definition) is 0. The van der Waals surface area contributed by atoms with Gasteiger partial charge in [-0.3, -0.25) is 0 Å². The lowest BCUT2D eigenvalue weighted by Gasteiger charge is -2.04. The molecule has 100 valence electrons. The van der Waals surface area contributed by atoms with Crippen LogP contribution in [0, 0.1) is 6.92 Å². The maximum Gasteiger partial charge on any atom is 0.351 e. The Balaban J connectivity index is 0.000000218. The highest BCUT2D eigenvalue weighted by molar-refractivity contribution is 7.74. The molecule has 2 aromatic rings. The average Bonchev–Trinajstić information content (AvgIpc) is 2.40. The van der Waals surface area contributed by atoms with Crippen LogP contribution in [0.1, 0.15) is 15.9 Å². The first-order chi connectivity index (χ1) is 9.09. The van der Waals surface area contributed by atoms with E-state index in [4.69, 9.17) is 0 Å². The maximum absolute atomic E-state index is 10.8. The number of rotatable bonds is 2. The van der Waals surface area contributed by atoms with Crippen LogP contribution in [0.4, 0.5) is 0 Å². The summed E-state index contributed by atoms with van der Waals surface area (Å²) in [6.07, 6.45) is 0. The van der Waals surface area contributed by atoms with Crippen LogP contribution in [0.3, 0.4) is 0 Å². The summed E-state index contributed by atoms with van der Waals surface area (Å²) < 4.78 is 23.8. The van der Waals surface area contributed by atoms with Crippen LogP contribution >= 0.6 is 0 Å². The summed E-state index contributed by atoms with van der Waals surface area (Å²) in [7, 11) is 0. The van der Waals surface area contributed by atoms with E-state index < -0.39 is 17.3 Å². The molecule has 0 radical (unpaired) electrons. The predicted molar refractivity (Wildman–Crippen MR) is 72.0 cm³/mol. The summed E-state index contributed by atoms with van der Waals surface area (Å²) in [4.78, 5) is 10.8. The van der Waals surface area contributed by atoms with Gasteiger partial charge in [0, 0.05) is 0 Å². The zero-order chi connectivity index (χ0) is 14.1. The van der Waals surface area contributed by atoms with Gasteiger partial charge in [-0.15, -0.1) is 0 Å². The van der Waals surface area contributed by atoms with E-state index in [-0.39, 0.29) is 5.56 Å². The molecule has 0 aromatic heterocycles. The summed E-state index contributed by atoms with van der Waals surface area (Å²) in [5, 5.41) is 0. The van der Waals surface area contributed by atoms with Gasteiger partial charge in [0.15, 0.2) is 0 Å². The summed E-state index contributed by atoms with van der Waals surface area (Å²) in [5.74, 6) is -0.871. The van der Waals surface area contributed by atoms with Gasteiger partial charge in [0.1, 0.15) is 11.4 Å². The van der Waals surface area contributed by atoms with Crippen molar-refractivity contribution in [3.8, 4) is 0 Å². The summed E-state index contributed by atoms with van der Waals surface area (Å²) >= 11 is -2.80. The molecular formula is C14H13O4S-. The summed E-state index contributed by atoms with van der Waals surface area (Å²) in [5.41, 5.74) is 1.53. The molecule has 0 aliphatic carbocycles. The van der Waals surface area contributed by atoms with Gasteiger partial charge >= 0.3 is 5.97 Å². The molecule has 0 N–H and O–H groups in total. The lowest BCUT2D eigenvalue weighted by atomic mass is 10.2. The van der Waals surface area contributed by atoms with Crippen molar-refractivity contribution in [2.75, 3.05) is 0 Å². The van der Waals surface area contributed by atoms with Gasteiger partial charge in [-0.2, -0.15) is 0 Å². The Morgan fingerprint density at radius 3 is 1.84 bits per heavy atom. The lowest BCUT2D eigenvalue weighted by molar-refractivity contribution is 0.0742. The van der Waals surface area contributed by atoms with Gasteiger partial charge in [-0.1, -0.05) is 54.1 Å². The van der Waals surface area contributed by atoms with Crippen LogP contribution in [0.5, 0.6) is 0 Å². The molecule has 0 amide bonds. The van der Waals surface area contributed by atoms with E-state index in [0.29, 0.717) is 0 Å². The van der Waals surface area contributed by atoms with Gasteiger partial charge in [0.2, 0.25) is 0 Å². The molecular weight excluding hydrogens is 264 g/mol. The quantitative estimate of drug-likeness (QED) is 0.791. The summed E-state index contributed by atoms with van der Waals surface area (Å²) in [6, 6.07) is 18.1. The molecule has 2 aromatic carbocycles. The molecule has 0 saturated heterocycles. The molecule has 5 heteroatoms. The van der Waals surface area contributed by atoms with Crippen LogP contribution in [0.25, 0.3) is 0 Å². The van der Waals surface area contributed by atoms with Gasteiger partial charge in [-0.05, 0) is 19.1 Å². The van der Waals surface area contributed by atoms with Crippen molar-refractivity contribution >= 4 is 17.3 Å². The smallest absolute Gasteiger partial charge is 0.351 e. The number of hydrogen-bond acceptors (Lipinski definition) is 4. The average molecular weight is 277 g/mol. The highest BCUT2D eigenvalue weighted by atomic mass is 32.2. The van der Waals surface area contributed by atoms with E-state index in [1.165, 1.54) is 17.7 Å². The normalized spacial score (nSPS) is 10.8. The van der Waals surface area contributed by atoms with Crippen molar-refractivity contribution < 1.29 is 17.7 Å². The van der Waals surface area contributed by atoms with E-state index in [2.05, 4.69) is 23.2 Å². The highest BCUT2D eigenvalue weighted by Gasteiger charge is 2.04. The standard InChI is InChI=1S/C7H6O4S.C7H8/c8-7(11-12(9)10)6-4-2-1-3-5-6;1-7-5-3-2-4-6-7/h1-5H,(H,9,10);2-6H,1H3/p-1. The van der Waals surface area contributed by atoms with E-state index >= 15 is 0 Å². The first-order valence-corrected chi connectivity index (χ1v) is 6.48. The molecule has 0 heterocycles. The van der Waals surface area contributed by atoms with Gasteiger partial charge in [0.25, 0.3) is 0 Å². The largest absolute Gasteiger partial charge is 0.740 e. The van der Waals surface area contributed by atoms with Crippen molar-refractivity contribution in [1.29, 1.82) is 0 Å². The second-order valence-corrected chi connectivity index (χ2v) is 4.17. The Morgan fingerprint density at radius 2 is 1.47 bits per heavy atom. The third kappa shape index (κ3) is 6.49. The fraction of sp³-hybridized carbons (Fsp3) is 0.0714.